The summed E-state index contributed by atoms with van der Waals surface area (Å²) in [6.45, 7) is 11.5. The lowest BCUT2D eigenvalue weighted by Gasteiger charge is -2.38. The fourth-order valence-corrected chi connectivity index (χ4v) is 7.75. The van der Waals surface area contributed by atoms with E-state index < -0.39 is 41.3 Å². The van der Waals surface area contributed by atoms with E-state index in [4.69, 9.17) is 16.3 Å². The first-order chi connectivity index (χ1) is 20.1. The smallest absolute Gasteiger partial charge is 0.246 e. The average Bonchev–Trinajstić information content (AvgIpc) is 3.59. The van der Waals surface area contributed by atoms with Crippen molar-refractivity contribution < 1.29 is 23.5 Å². The minimum atomic E-state index is -1.22. The number of fused-ring (bicyclic) bond motifs is 1. The van der Waals surface area contributed by atoms with Gasteiger partial charge in [0.2, 0.25) is 17.7 Å². The number of carbonyl (C=O) groups excluding carboxylic acids is 3. The van der Waals surface area contributed by atoms with Crippen LogP contribution in [0.5, 0.6) is 0 Å². The van der Waals surface area contributed by atoms with E-state index in [2.05, 4.69) is 43.2 Å². The number of ether oxygens (including phenoxy) is 1. The van der Waals surface area contributed by atoms with Crippen molar-refractivity contribution in [3.8, 4) is 0 Å². The molecule has 5 rings (SSSR count). The molecule has 1 aromatic carbocycles. The van der Waals surface area contributed by atoms with E-state index in [9.17, 15) is 18.8 Å². The summed E-state index contributed by atoms with van der Waals surface area (Å²) in [6.07, 6.45) is 8.08. The van der Waals surface area contributed by atoms with Gasteiger partial charge in [0.05, 0.1) is 23.0 Å². The molecule has 1 aliphatic carbocycles. The van der Waals surface area contributed by atoms with Gasteiger partial charge in [-0.1, -0.05) is 64.3 Å². The number of anilines is 1. The van der Waals surface area contributed by atoms with Crippen molar-refractivity contribution in [2.45, 2.75) is 83.6 Å². The highest BCUT2D eigenvalue weighted by Crippen LogP contribution is 2.55. The van der Waals surface area contributed by atoms with Gasteiger partial charge in [0, 0.05) is 24.8 Å². The molecular weight excluding hydrogens is 559 g/mol. The Hall–Kier alpha value is -2.49. The van der Waals surface area contributed by atoms with E-state index in [1.54, 1.807) is 11.0 Å². The van der Waals surface area contributed by atoms with Gasteiger partial charge in [-0.2, -0.15) is 0 Å². The predicted molar refractivity (Wildman–Crippen MR) is 160 cm³/mol. The topological polar surface area (TPSA) is 91.0 Å². The summed E-state index contributed by atoms with van der Waals surface area (Å²) in [6, 6.07) is 3.11. The van der Waals surface area contributed by atoms with Crippen molar-refractivity contribution in [3.63, 3.8) is 0 Å². The monoisotopic (exact) mass is 602 g/mol. The third kappa shape index (κ3) is 5.60. The van der Waals surface area contributed by atoms with Crippen molar-refractivity contribution in [2.75, 3.05) is 31.5 Å². The number of hydrogen-bond donors (Lipinski definition) is 2. The summed E-state index contributed by atoms with van der Waals surface area (Å²) >= 11 is 5.94. The third-order valence-electron chi connectivity index (χ3n) is 9.88. The van der Waals surface area contributed by atoms with Crippen molar-refractivity contribution in [1.29, 1.82) is 0 Å². The van der Waals surface area contributed by atoms with Crippen LogP contribution in [0.3, 0.4) is 0 Å². The Morgan fingerprint density at radius 1 is 1.14 bits per heavy atom. The number of likely N-dealkylation sites (tertiary alicyclic amines) is 1. The van der Waals surface area contributed by atoms with Crippen molar-refractivity contribution >= 4 is 35.0 Å². The predicted octanol–water partition coefficient (Wildman–Crippen LogP) is 4.63. The van der Waals surface area contributed by atoms with Gasteiger partial charge in [-0.3, -0.25) is 14.4 Å². The lowest BCUT2D eigenvalue weighted by molar-refractivity contribution is -0.141. The molecule has 1 aromatic rings. The molecule has 0 radical (unpaired) electrons. The van der Waals surface area contributed by atoms with Crippen LogP contribution in [0.15, 0.2) is 30.4 Å². The van der Waals surface area contributed by atoms with Crippen LogP contribution in [0.25, 0.3) is 0 Å². The molecule has 4 aliphatic rings. The van der Waals surface area contributed by atoms with Crippen LogP contribution in [0.4, 0.5) is 10.1 Å². The van der Waals surface area contributed by atoms with Gasteiger partial charge in [0.25, 0.3) is 0 Å². The normalized spacial score (nSPS) is 33.4. The van der Waals surface area contributed by atoms with Crippen LogP contribution < -0.4 is 10.6 Å². The SMILES string of the molecule is CCCN(CCC)CCN1C(=O)[C@@H]2[C@H](C(=O)Nc3ccc(F)c(Cl)c3)[C@@H]3C=C[C@@]2(O3)[C@@H]1C(=O)N[C@@H]1CCC[C@@H](C)[C@@H]1C. The number of nitrogens with one attached hydrogen (secondary N) is 2. The molecular formula is C32H44ClFN4O4. The van der Waals surface area contributed by atoms with Gasteiger partial charge in [0.15, 0.2) is 0 Å². The molecule has 8 atom stereocenters. The number of benzene rings is 1. The molecule has 3 amide bonds. The van der Waals surface area contributed by atoms with Crippen LogP contribution in [-0.4, -0.2) is 77.5 Å². The Balaban J connectivity index is 1.43. The number of halogens is 2. The molecule has 42 heavy (non-hydrogen) atoms. The summed E-state index contributed by atoms with van der Waals surface area (Å²) in [4.78, 5) is 46.1. The van der Waals surface area contributed by atoms with Gasteiger partial charge in [-0.25, -0.2) is 4.39 Å². The molecule has 3 aliphatic heterocycles. The molecule has 0 unspecified atom stereocenters. The summed E-state index contributed by atoms with van der Waals surface area (Å²) in [5.74, 6) is -2.31. The standard InChI is InChI=1S/C32H44ClFN4O4/c1-5-14-37(15-6-2)16-17-38-28(30(40)36-24-9-7-8-19(3)20(24)4)32-13-12-25(42-32)26(27(32)31(38)41)29(39)35-21-10-11-23(34)22(33)18-21/h10-13,18-20,24-28H,5-9,14-17H2,1-4H3,(H,35,39)(H,36,40)/t19-,20+,24-,25+,26-,27+,28+,32+/m1/s1. The first kappa shape index (κ1) is 31.0. The highest BCUT2D eigenvalue weighted by Gasteiger charge is 2.72. The van der Waals surface area contributed by atoms with E-state index in [1.807, 2.05) is 6.08 Å². The Kier molecular flexibility index (Phi) is 9.30. The van der Waals surface area contributed by atoms with Gasteiger partial charge in [-0.05, 0) is 62.4 Å². The number of nitrogens with zero attached hydrogens (tertiary/aromatic N) is 2. The maximum atomic E-state index is 14.3. The van der Waals surface area contributed by atoms with Crippen molar-refractivity contribution in [3.05, 3.63) is 41.2 Å². The van der Waals surface area contributed by atoms with Gasteiger partial charge >= 0.3 is 0 Å². The highest BCUT2D eigenvalue weighted by molar-refractivity contribution is 6.31. The minimum absolute atomic E-state index is 0.0234. The van der Waals surface area contributed by atoms with Crippen LogP contribution >= 0.6 is 11.6 Å². The molecule has 2 N–H and O–H groups in total. The molecule has 3 heterocycles. The largest absolute Gasteiger partial charge is 0.359 e. The zero-order chi connectivity index (χ0) is 30.2. The first-order valence-corrected chi connectivity index (χ1v) is 15.9. The number of amides is 3. The molecule has 2 saturated heterocycles. The van der Waals surface area contributed by atoms with E-state index in [0.29, 0.717) is 30.6 Å². The Labute approximate surface area is 253 Å². The third-order valence-corrected chi connectivity index (χ3v) is 10.2. The number of carbonyl (C=O) groups is 3. The molecule has 3 fully saturated rings. The summed E-state index contributed by atoms with van der Waals surface area (Å²) < 4.78 is 20.2. The van der Waals surface area contributed by atoms with Crippen molar-refractivity contribution in [2.24, 2.45) is 23.7 Å². The quantitative estimate of drug-likeness (QED) is 0.361. The van der Waals surface area contributed by atoms with Gasteiger partial charge < -0.3 is 25.2 Å². The fraction of sp³-hybridized carbons (Fsp3) is 0.656. The molecule has 10 heteroatoms. The molecule has 1 spiro atoms. The second-order valence-electron chi connectivity index (χ2n) is 12.6. The lowest BCUT2D eigenvalue weighted by atomic mass is 9.73. The van der Waals surface area contributed by atoms with E-state index in [1.165, 1.54) is 18.2 Å². The number of hydrogen-bond acceptors (Lipinski definition) is 5. The minimum Gasteiger partial charge on any atom is -0.359 e. The average molecular weight is 603 g/mol. The maximum Gasteiger partial charge on any atom is 0.246 e. The van der Waals surface area contributed by atoms with Crippen LogP contribution in [0.1, 0.15) is 59.8 Å². The first-order valence-electron chi connectivity index (χ1n) is 15.6. The molecule has 230 valence electrons. The molecule has 1 saturated carbocycles. The van der Waals surface area contributed by atoms with E-state index >= 15 is 0 Å². The Morgan fingerprint density at radius 2 is 1.88 bits per heavy atom. The van der Waals surface area contributed by atoms with E-state index in [0.717, 1.165) is 45.2 Å². The summed E-state index contributed by atoms with van der Waals surface area (Å²) in [7, 11) is 0. The zero-order valence-electron chi connectivity index (χ0n) is 25.1. The van der Waals surface area contributed by atoms with Crippen LogP contribution in [0, 0.1) is 29.5 Å². The summed E-state index contributed by atoms with van der Waals surface area (Å²) in [5, 5.41) is 6.00. The van der Waals surface area contributed by atoms with Crippen LogP contribution in [0.2, 0.25) is 5.02 Å². The second-order valence-corrected chi connectivity index (χ2v) is 13.0. The second kappa shape index (κ2) is 12.6. The van der Waals surface area contributed by atoms with Crippen LogP contribution in [-0.2, 0) is 19.1 Å². The lowest BCUT2D eigenvalue weighted by Crippen LogP contribution is -2.58. The Morgan fingerprint density at radius 3 is 2.57 bits per heavy atom. The van der Waals surface area contributed by atoms with Gasteiger partial charge in [-0.15, -0.1) is 0 Å². The van der Waals surface area contributed by atoms with Gasteiger partial charge in [0.1, 0.15) is 17.5 Å². The zero-order valence-corrected chi connectivity index (χ0v) is 25.8. The number of rotatable bonds is 11. The van der Waals surface area contributed by atoms with E-state index in [-0.39, 0.29) is 22.9 Å². The molecule has 0 aromatic heterocycles. The molecule has 2 bridgehead atoms. The Bertz CT molecular complexity index is 1220. The molecule has 8 nitrogen and oxygen atoms in total. The maximum absolute atomic E-state index is 14.3. The fourth-order valence-electron chi connectivity index (χ4n) is 7.57. The summed E-state index contributed by atoms with van der Waals surface area (Å²) in [5.41, 5.74) is -0.892. The van der Waals surface area contributed by atoms with Crippen molar-refractivity contribution in [1.82, 2.24) is 15.1 Å². The highest BCUT2D eigenvalue weighted by atomic mass is 35.5.